The molecule has 1 saturated carbocycles. The number of amides is 1. The van der Waals surface area contributed by atoms with E-state index in [0.29, 0.717) is 5.92 Å². The number of anilines is 1. The van der Waals surface area contributed by atoms with Gasteiger partial charge in [0.1, 0.15) is 0 Å². The zero-order valence-corrected chi connectivity index (χ0v) is 13.7. The number of rotatable bonds is 3. The fourth-order valence-corrected chi connectivity index (χ4v) is 3.89. The average Bonchev–Trinajstić information content (AvgIpc) is 2.38. The quantitative estimate of drug-likeness (QED) is 0.810. The predicted molar refractivity (Wildman–Crippen MR) is 87.1 cm³/mol. The van der Waals surface area contributed by atoms with Crippen LogP contribution in [0.5, 0.6) is 0 Å². The monoisotopic (exact) mass is 291 g/mol. The Morgan fingerprint density at radius 3 is 2.50 bits per heavy atom. The van der Waals surface area contributed by atoms with Gasteiger partial charge in [0.15, 0.2) is 0 Å². The lowest BCUT2D eigenvalue weighted by atomic mass is 9.64. The minimum Gasteiger partial charge on any atom is -0.326 e. The summed E-state index contributed by atoms with van der Waals surface area (Å²) < 4.78 is 0. The van der Waals surface area contributed by atoms with Crippen LogP contribution in [-0.4, -0.2) is 12.2 Å². The molecule has 0 unspecified atom stereocenters. The van der Waals surface area contributed by atoms with Crippen molar-refractivity contribution in [2.45, 2.75) is 44.9 Å². The lowest BCUT2D eigenvalue weighted by Gasteiger charge is -2.41. The Hall–Kier alpha value is -0.960. The zero-order chi connectivity index (χ0) is 14.8. The highest BCUT2D eigenvalue weighted by Gasteiger charge is 2.41. The summed E-state index contributed by atoms with van der Waals surface area (Å²) in [5.41, 5.74) is 1.00. The first-order valence-corrected chi connectivity index (χ1v) is 8.61. The van der Waals surface area contributed by atoms with E-state index in [0.717, 1.165) is 18.5 Å². The zero-order valence-electron chi connectivity index (χ0n) is 12.9. The largest absolute Gasteiger partial charge is 0.326 e. The van der Waals surface area contributed by atoms with Crippen molar-refractivity contribution in [3.05, 3.63) is 24.3 Å². The van der Waals surface area contributed by atoms with E-state index in [1.54, 1.807) is 11.8 Å². The molecule has 20 heavy (non-hydrogen) atoms. The summed E-state index contributed by atoms with van der Waals surface area (Å²) in [6.07, 6.45) is 5.59. The van der Waals surface area contributed by atoms with E-state index in [-0.39, 0.29) is 17.2 Å². The molecule has 2 atom stereocenters. The van der Waals surface area contributed by atoms with Crippen LogP contribution in [0.25, 0.3) is 0 Å². The van der Waals surface area contributed by atoms with Gasteiger partial charge in [-0.25, -0.2) is 0 Å². The number of hydrogen-bond acceptors (Lipinski definition) is 2. The highest BCUT2D eigenvalue weighted by atomic mass is 32.2. The van der Waals surface area contributed by atoms with Crippen LogP contribution in [-0.2, 0) is 4.79 Å². The van der Waals surface area contributed by atoms with Crippen LogP contribution in [0.4, 0.5) is 5.69 Å². The molecule has 1 amide bonds. The molecule has 0 spiro atoms. The second-order valence-electron chi connectivity index (χ2n) is 6.55. The molecule has 1 aliphatic carbocycles. The Bertz CT molecular complexity index is 466. The van der Waals surface area contributed by atoms with Crippen molar-refractivity contribution < 1.29 is 4.79 Å². The van der Waals surface area contributed by atoms with E-state index in [2.05, 4.69) is 44.5 Å². The Morgan fingerprint density at radius 2 is 1.95 bits per heavy atom. The fraction of sp³-hybridized carbons (Fsp3) is 0.588. The minimum atomic E-state index is 0.0982. The average molecular weight is 291 g/mol. The standard InChI is InChI=1S/C17H25NOS/c1-12-6-5-11-17(2,3)15(12)16(19)18-13-7-9-14(20-4)10-8-13/h7-10,12,15H,5-6,11H2,1-4H3,(H,18,19)/t12-,15-/m0/s1. The topological polar surface area (TPSA) is 29.1 Å². The molecule has 3 heteroatoms. The minimum absolute atomic E-state index is 0.0982. The van der Waals surface area contributed by atoms with E-state index in [1.807, 2.05) is 12.1 Å². The fourth-order valence-electron chi connectivity index (χ4n) is 3.48. The van der Waals surface area contributed by atoms with E-state index < -0.39 is 0 Å². The summed E-state index contributed by atoms with van der Waals surface area (Å²) in [5.74, 6) is 0.750. The number of carbonyl (C=O) groups is 1. The molecule has 0 heterocycles. The Balaban J connectivity index is 2.09. The van der Waals surface area contributed by atoms with Gasteiger partial charge in [0.2, 0.25) is 5.91 Å². The molecule has 1 aliphatic rings. The maximum Gasteiger partial charge on any atom is 0.228 e. The Labute approximate surface area is 126 Å². The maximum absolute atomic E-state index is 12.6. The van der Waals surface area contributed by atoms with E-state index >= 15 is 0 Å². The number of carbonyl (C=O) groups excluding carboxylic acids is 1. The van der Waals surface area contributed by atoms with Crippen LogP contribution in [0.2, 0.25) is 0 Å². The summed E-state index contributed by atoms with van der Waals surface area (Å²) in [5, 5.41) is 3.10. The number of hydrogen-bond donors (Lipinski definition) is 1. The number of thioether (sulfide) groups is 1. The lowest BCUT2D eigenvalue weighted by Crippen LogP contribution is -2.42. The molecule has 0 aliphatic heterocycles. The second-order valence-corrected chi connectivity index (χ2v) is 7.43. The van der Waals surface area contributed by atoms with Crippen LogP contribution in [0, 0.1) is 17.3 Å². The molecular weight excluding hydrogens is 266 g/mol. The van der Waals surface area contributed by atoms with Crippen molar-refractivity contribution in [2.24, 2.45) is 17.3 Å². The molecule has 2 rings (SSSR count). The van der Waals surface area contributed by atoms with Crippen molar-refractivity contribution in [3.63, 3.8) is 0 Å². The molecule has 110 valence electrons. The van der Waals surface area contributed by atoms with E-state index in [1.165, 1.54) is 11.3 Å². The van der Waals surface area contributed by atoms with Gasteiger partial charge in [-0.15, -0.1) is 11.8 Å². The maximum atomic E-state index is 12.6. The lowest BCUT2D eigenvalue weighted by molar-refractivity contribution is -0.127. The third-order valence-corrected chi connectivity index (χ3v) is 5.28. The van der Waals surface area contributed by atoms with Crippen LogP contribution in [0.15, 0.2) is 29.2 Å². The van der Waals surface area contributed by atoms with Gasteiger partial charge in [-0.1, -0.05) is 27.2 Å². The first kappa shape index (κ1) is 15.4. The summed E-state index contributed by atoms with van der Waals surface area (Å²) in [6, 6.07) is 8.08. The molecule has 1 aromatic rings. The van der Waals surface area contributed by atoms with Crippen molar-refractivity contribution in [1.29, 1.82) is 0 Å². The van der Waals surface area contributed by atoms with Gasteiger partial charge in [-0.2, -0.15) is 0 Å². The summed E-state index contributed by atoms with van der Waals surface area (Å²) in [6.45, 7) is 6.66. The molecule has 0 bridgehead atoms. The van der Waals surface area contributed by atoms with Crippen molar-refractivity contribution in [3.8, 4) is 0 Å². The third kappa shape index (κ3) is 3.38. The summed E-state index contributed by atoms with van der Waals surface area (Å²) in [7, 11) is 0. The number of benzene rings is 1. The Kier molecular flexibility index (Phi) is 4.79. The second kappa shape index (κ2) is 6.21. The summed E-state index contributed by atoms with van der Waals surface area (Å²) in [4.78, 5) is 13.8. The van der Waals surface area contributed by atoms with E-state index in [9.17, 15) is 4.79 Å². The first-order valence-electron chi connectivity index (χ1n) is 7.39. The predicted octanol–water partition coefficient (Wildman–Crippen LogP) is 4.81. The van der Waals surface area contributed by atoms with Crippen molar-refractivity contribution in [2.75, 3.05) is 11.6 Å². The van der Waals surface area contributed by atoms with Crippen LogP contribution in [0.3, 0.4) is 0 Å². The van der Waals surface area contributed by atoms with Gasteiger partial charge < -0.3 is 5.32 Å². The van der Waals surface area contributed by atoms with Crippen LogP contribution in [0.1, 0.15) is 40.0 Å². The third-order valence-electron chi connectivity index (χ3n) is 4.53. The van der Waals surface area contributed by atoms with Gasteiger partial charge in [-0.05, 0) is 54.7 Å². The Morgan fingerprint density at radius 1 is 1.30 bits per heavy atom. The SMILES string of the molecule is CSc1ccc(NC(=O)[C@@H]2[C@@H](C)CCCC2(C)C)cc1. The van der Waals surface area contributed by atoms with E-state index in [4.69, 9.17) is 0 Å². The molecule has 1 fully saturated rings. The van der Waals surface area contributed by atoms with Gasteiger partial charge in [0, 0.05) is 16.5 Å². The highest BCUT2D eigenvalue weighted by molar-refractivity contribution is 7.98. The smallest absolute Gasteiger partial charge is 0.228 e. The molecule has 1 N–H and O–H groups in total. The van der Waals surface area contributed by atoms with Crippen molar-refractivity contribution in [1.82, 2.24) is 0 Å². The molecule has 2 nitrogen and oxygen atoms in total. The van der Waals surface area contributed by atoms with Gasteiger partial charge in [-0.3, -0.25) is 4.79 Å². The molecule has 0 aromatic heterocycles. The highest BCUT2D eigenvalue weighted by Crippen LogP contribution is 2.44. The van der Waals surface area contributed by atoms with Crippen molar-refractivity contribution >= 4 is 23.4 Å². The summed E-state index contributed by atoms with van der Waals surface area (Å²) >= 11 is 1.71. The molecule has 1 aromatic carbocycles. The van der Waals surface area contributed by atoms with Gasteiger partial charge in [0.05, 0.1) is 0 Å². The molecule has 0 saturated heterocycles. The molecule has 0 radical (unpaired) electrons. The normalized spacial score (nSPS) is 25.2. The molecular formula is C17H25NOS. The van der Waals surface area contributed by atoms with Crippen LogP contribution >= 0.6 is 11.8 Å². The van der Waals surface area contributed by atoms with Crippen LogP contribution < -0.4 is 5.32 Å². The van der Waals surface area contributed by atoms with Gasteiger partial charge in [0.25, 0.3) is 0 Å². The first-order chi connectivity index (χ1) is 9.44. The number of nitrogens with one attached hydrogen (secondary N) is 1. The van der Waals surface area contributed by atoms with Gasteiger partial charge >= 0.3 is 0 Å².